The number of allylic oxidation sites excluding steroid dienone is 3. The summed E-state index contributed by atoms with van der Waals surface area (Å²) in [5, 5.41) is 12.5. The molecule has 0 aliphatic heterocycles. The molecule has 0 saturated heterocycles. The van der Waals surface area contributed by atoms with Crippen LogP contribution in [0.4, 0.5) is 0 Å². The molecule has 10 heteroatoms. The predicted octanol–water partition coefficient (Wildman–Crippen LogP) is 3.52. The molecule has 0 atom stereocenters. The van der Waals surface area contributed by atoms with Crippen molar-refractivity contribution in [3.8, 4) is 11.3 Å². The van der Waals surface area contributed by atoms with Crippen LogP contribution in [0.2, 0.25) is 0 Å². The Morgan fingerprint density at radius 3 is 2.43 bits per heavy atom. The van der Waals surface area contributed by atoms with Crippen molar-refractivity contribution >= 4 is 33.5 Å². The second-order valence-electron chi connectivity index (χ2n) is 8.56. The lowest BCUT2D eigenvalue weighted by atomic mass is 10.0. The fraction of sp³-hybridized carbons (Fsp3) is 0.360. The number of aromatic amines is 1. The number of likely N-dealkylation sites (N-methyl/N-ethyl adjacent to an activating group) is 1. The molecule has 0 amide bonds. The number of H-pyrrole nitrogens is 1. The Kier molecular flexibility index (Phi) is 11.3. The molecule has 0 fully saturated rings. The maximum atomic E-state index is 11.3. The lowest BCUT2D eigenvalue weighted by molar-refractivity contribution is -0.104. The Bertz CT molecular complexity index is 1240. The van der Waals surface area contributed by atoms with E-state index in [9.17, 15) is 13.2 Å². The fourth-order valence-corrected chi connectivity index (χ4v) is 2.80. The van der Waals surface area contributed by atoms with Crippen molar-refractivity contribution in [2.24, 2.45) is 7.05 Å². The van der Waals surface area contributed by atoms with E-state index >= 15 is 0 Å². The number of hydrogen-bond donors (Lipinski definition) is 4. The SMILES string of the molecule is C/C=C\C(C=O)=C/c1c(-c2cc3cccnc3[nH]2)cn(C)c1C.CNC(C)(C)CO.CS(=O)(=O)O. The zero-order valence-corrected chi connectivity index (χ0v) is 22.1. The first-order chi connectivity index (χ1) is 16.3. The van der Waals surface area contributed by atoms with Crippen LogP contribution >= 0.6 is 0 Å². The van der Waals surface area contributed by atoms with E-state index in [1.54, 1.807) is 6.20 Å². The molecule has 3 aromatic heterocycles. The summed E-state index contributed by atoms with van der Waals surface area (Å²) in [5.41, 5.74) is 5.61. The second kappa shape index (κ2) is 13.1. The summed E-state index contributed by atoms with van der Waals surface area (Å²) in [7, 11) is 0.170. The molecular weight excluding hydrogens is 468 g/mol. The first-order valence-corrected chi connectivity index (χ1v) is 12.7. The number of aliphatic hydroxyl groups is 1. The molecule has 192 valence electrons. The van der Waals surface area contributed by atoms with E-state index in [2.05, 4.69) is 32.1 Å². The normalized spacial score (nSPS) is 12.2. The number of carbonyl (C=O) groups is 1. The van der Waals surface area contributed by atoms with Gasteiger partial charge in [0.05, 0.1) is 12.9 Å². The average molecular weight is 505 g/mol. The van der Waals surface area contributed by atoms with Gasteiger partial charge in [-0.05, 0) is 59.0 Å². The molecule has 0 saturated carbocycles. The van der Waals surface area contributed by atoms with Crippen LogP contribution in [0.3, 0.4) is 0 Å². The molecule has 4 N–H and O–H groups in total. The minimum Gasteiger partial charge on any atom is -0.394 e. The average Bonchev–Trinajstić information content (AvgIpc) is 3.34. The van der Waals surface area contributed by atoms with E-state index in [0.717, 1.165) is 39.8 Å². The maximum Gasteiger partial charge on any atom is 0.261 e. The van der Waals surface area contributed by atoms with Gasteiger partial charge in [0.1, 0.15) is 11.9 Å². The number of hydrogen-bond acceptors (Lipinski definition) is 6. The summed E-state index contributed by atoms with van der Waals surface area (Å²) in [5.74, 6) is 0. The van der Waals surface area contributed by atoms with Gasteiger partial charge in [0.15, 0.2) is 0 Å². The van der Waals surface area contributed by atoms with Crippen LogP contribution in [0.5, 0.6) is 0 Å². The smallest absolute Gasteiger partial charge is 0.261 e. The number of aldehydes is 1. The lowest BCUT2D eigenvalue weighted by Crippen LogP contribution is -2.39. The van der Waals surface area contributed by atoms with Crippen LogP contribution < -0.4 is 5.32 Å². The first kappa shape index (κ1) is 30.0. The second-order valence-corrected chi connectivity index (χ2v) is 10.0. The predicted molar refractivity (Wildman–Crippen MR) is 142 cm³/mol. The molecule has 0 unspecified atom stereocenters. The van der Waals surface area contributed by atoms with Crippen LogP contribution in [0.1, 0.15) is 32.0 Å². The largest absolute Gasteiger partial charge is 0.394 e. The highest BCUT2D eigenvalue weighted by Gasteiger charge is 2.14. The summed E-state index contributed by atoms with van der Waals surface area (Å²) >= 11 is 0. The Labute approximate surface area is 207 Å². The topological polar surface area (TPSA) is 137 Å². The molecule has 3 aromatic rings. The number of rotatable bonds is 6. The quantitative estimate of drug-likeness (QED) is 0.174. The van der Waals surface area contributed by atoms with Crippen LogP contribution in [-0.2, 0) is 22.0 Å². The van der Waals surface area contributed by atoms with Gasteiger partial charge in [-0.1, -0.05) is 12.2 Å². The lowest BCUT2D eigenvalue weighted by Gasteiger charge is -2.19. The number of carbonyl (C=O) groups excluding carboxylic acids is 1. The van der Waals surface area contributed by atoms with Gasteiger partial charge in [-0.25, -0.2) is 4.98 Å². The van der Waals surface area contributed by atoms with Crippen LogP contribution in [0.25, 0.3) is 28.4 Å². The summed E-state index contributed by atoms with van der Waals surface area (Å²) in [6.45, 7) is 8.01. The Morgan fingerprint density at radius 2 is 1.97 bits per heavy atom. The highest BCUT2D eigenvalue weighted by Crippen LogP contribution is 2.31. The van der Waals surface area contributed by atoms with Gasteiger partial charge < -0.3 is 20.0 Å². The number of aryl methyl sites for hydroxylation is 1. The first-order valence-electron chi connectivity index (χ1n) is 10.9. The standard InChI is InChI=1S/C19H19N3O.C5H13NO.CH4O3S/c1-4-6-14(12-23)9-16-13(2)22(3)11-17(16)18-10-15-7-5-8-20-19(15)21-18;1-5(2,4-7)6-3;1-5(2,3)4/h4-12H,1-3H3,(H,20,21);6-7H,4H2,1-3H3;1H3,(H,2,3,4)/b6-4-,14-9+;;. The summed E-state index contributed by atoms with van der Waals surface area (Å²) in [4.78, 5) is 19.0. The van der Waals surface area contributed by atoms with E-state index < -0.39 is 10.1 Å². The molecular formula is C25H36N4O5S. The van der Waals surface area contributed by atoms with Crippen LogP contribution in [0.15, 0.2) is 48.3 Å². The van der Waals surface area contributed by atoms with Gasteiger partial charge in [0.25, 0.3) is 10.1 Å². The van der Waals surface area contributed by atoms with E-state index in [4.69, 9.17) is 9.66 Å². The van der Waals surface area contributed by atoms with Crippen molar-refractivity contribution in [2.75, 3.05) is 19.9 Å². The third kappa shape index (κ3) is 9.99. The zero-order valence-electron chi connectivity index (χ0n) is 21.3. The van der Waals surface area contributed by atoms with E-state index in [0.29, 0.717) is 11.8 Å². The Morgan fingerprint density at radius 1 is 1.34 bits per heavy atom. The molecule has 3 rings (SSSR count). The van der Waals surface area contributed by atoms with Gasteiger partial charge in [-0.15, -0.1) is 0 Å². The summed E-state index contributed by atoms with van der Waals surface area (Å²) in [6.07, 6.45) is 11.0. The molecule has 35 heavy (non-hydrogen) atoms. The van der Waals surface area contributed by atoms with E-state index in [1.165, 1.54) is 0 Å². The molecule has 0 aliphatic rings. The van der Waals surface area contributed by atoms with Gasteiger partial charge in [-0.2, -0.15) is 8.42 Å². The number of nitrogens with one attached hydrogen (secondary N) is 2. The number of nitrogens with zero attached hydrogens (tertiary/aromatic N) is 2. The highest BCUT2D eigenvalue weighted by molar-refractivity contribution is 7.85. The van der Waals surface area contributed by atoms with Crippen molar-refractivity contribution in [3.63, 3.8) is 0 Å². The van der Waals surface area contributed by atoms with E-state index in [-0.39, 0.29) is 12.1 Å². The molecule has 0 aliphatic carbocycles. The molecule has 3 heterocycles. The summed E-state index contributed by atoms with van der Waals surface area (Å²) in [6, 6.07) is 6.04. The third-order valence-corrected chi connectivity index (χ3v) is 5.09. The monoisotopic (exact) mass is 504 g/mol. The zero-order chi connectivity index (χ0) is 26.8. The minimum atomic E-state index is -3.67. The van der Waals surface area contributed by atoms with Gasteiger partial charge in [-0.3, -0.25) is 9.35 Å². The number of aliphatic hydroxyl groups excluding tert-OH is 1. The number of fused-ring (bicyclic) bond motifs is 1. The van der Waals surface area contributed by atoms with E-state index in [1.807, 2.05) is 72.2 Å². The van der Waals surface area contributed by atoms with Crippen LogP contribution in [0, 0.1) is 6.92 Å². The Balaban J connectivity index is 0.000000425. The maximum absolute atomic E-state index is 11.3. The molecule has 0 radical (unpaired) electrons. The number of pyridine rings is 1. The highest BCUT2D eigenvalue weighted by atomic mass is 32.2. The van der Waals surface area contributed by atoms with Crippen molar-refractivity contribution in [1.82, 2.24) is 19.9 Å². The van der Waals surface area contributed by atoms with Crippen molar-refractivity contribution in [2.45, 2.75) is 33.2 Å². The van der Waals surface area contributed by atoms with Gasteiger partial charge >= 0.3 is 0 Å². The van der Waals surface area contributed by atoms with Gasteiger partial charge in [0.2, 0.25) is 0 Å². The van der Waals surface area contributed by atoms with Crippen LogP contribution in [-0.4, -0.2) is 64.3 Å². The molecule has 9 nitrogen and oxygen atoms in total. The van der Waals surface area contributed by atoms with Crippen molar-refractivity contribution < 1.29 is 22.9 Å². The van der Waals surface area contributed by atoms with Crippen molar-refractivity contribution in [1.29, 1.82) is 0 Å². The molecule has 0 aromatic carbocycles. The molecule has 0 spiro atoms. The minimum absolute atomic E-state index is 0.111. The molecule has 0 bridgehead atoms. The number of aromatic nitrogens is 3. The fourth-order valence-electron chi connectivity index (χ4n) is 2.80. The Hall–Kier alpha value is -3.05. The van der Waals surface area contributed by atoms with Crippen molar-refractivity contribution in [3.05, 3.63) is 59.6 Å². The third-order valence-electron chi connectivity index (χ3n) is 5.09. The summed E-state index contributed by atoms with van der Waals surface area (Å²) < 4.78 is 27.9. The van der Waals surface area contributed by atoms with Gasteiger partial charge in [0, 0.05) is 58.5 Å².